The van der Waals surface area contributed by atoms with E-state index in [1.807, 2.05) is 6.20 Å². The lowest BCUT2D eigenvalue weighted by Crippen LogP contribution is -1.91. The molecule has 68 valence electrons. The van der Waals surface area contributed by atoms with E-state index in [2.05, 4.69) is 41.6 Å². The van der Waals surface area contributed by atoms with Gasteiger partial charge in [0.25, 0.3) is 0 Å². The number of aryl methyl sites for hydroxylation is 2. The Morgan fingerprint density at radius 2 is 2.15 bits per heavy atom. The van der Waals surface area contributed by atoms with Crippen LogP contribution in [0.3, 0.4) is 0 Å². The Morgan fingerprint density at radius 3 is 2.85 bits per heavy atom. The van der Waals surface area contributed by atoms with Gasteiger partial charge in [-0.15, -0.1) is 0 Å². The molecule has 0 radical (unpaired) electrons. The molecular formula is C11H14N2. The second kappa shape index (κ2) is 3.21. The van der Waals surface area contributed by atoms with Crippen LogP contribution in [0.25, 0.3) is 5.65 Å². The van der Waals surface area contributed by atoms with Gasteiger partial charge in [-0.05, 0) is 30.5 Å². The molecule has 0 aliphatic carbocycles. The van der Waals surface area contributed by atoms with Crippen LogP contribution >= 0.6 is 0 Å². The lowest BCUT2D eigenvalue weighted by atomic mass is 10.2. The average Bonchev–Trinajstić information content (AvgIpc) is 2.59. The smallest absolute Gasteiger partial charge is 0.137 e. The molecule has 0 amide bonds. The number of nitrogens with zero attached hydrogens (tertiary/aromatic N) is 2. The highest BCUT2D eigenvalue weighted by molar-refractivity contribution is 5.43. The second-order valence-electron chi connectivity index (χ2n) is 3.22. The minimum atomic E-state index is 1.03. The zero-order valence-corrected chi connectivity index (χ0v) is 8.12. The third-order valence-electron chi connectivity index (χ3n) is 2.42. The molecule has 2 aromatic rings. The van der Waals surface area contributed by atoms with Gasteiger partial charge in [-0.3, -0.25) is 0 Å². The van der Waals surface area contributed by atoms with Gasteiger partial charge in [0.05, 0.1) is 0 Å². The van der Waals surface area contributed by atoms with Crippen LogP contribution in [0.5, 0.6) is 0 Å². The molecule has 2 heterocycles. The zero-order valence-electron chi connectivity index (χ0n) is 8.12. The van der Waals surface area contributed by atoms with E-state index in [0.29, 0.717) is 0 Å². The van der Waals surface area contributed by atoms with E-state index in [-0.39, 0.29) is 0 Å². The summed E-state index contributed by atoms with van der Waals surface area (Å²) in [4.78, 5) is 4.36. The number of imidazole rings is 1. The number of aromatic nitrogens is 2. The van der Waals surface area contributed by atoms with Crippen LogP contribution in [0.4, 0.5) is 0 Å². The summed E-state index contributed by atoms with van der Waals surface area (Å²) < 4.78 is 2.15. The molecule has 0 aromatic carbocycles. The molecule has 2 heteroatoms. The normalized spacial score (nSPS) is 10.9. The topological polar surface area (TPSA) is 17.3 Å². The molecule has 0 atom stereocenters. The lowest BCUT2D eigenvalue weighted by Gasteiger charge is -2.00. The molecule has 2 rings (SSSR count). The first-order chi connectivity index (χ1) is 6.35. The Hall–Kier alpha value is -1.31. The summed E-state index contributed by atoms with van der Waals surface area (Å²) in [6.07, 6.45) is 6.17. The van der Waals surface area contributed by atoms with Crippen molar-refractivity contribution in [3.05, 3.63) is 35.8 Å². The Kier molecular flexibility index (Phi) is 2.05. The Balaban J connectivity index is 2.61. The number of fused-ring (bicyclic) bond motifs is 1. The highest BCUT2D eigenvalue weighted by Gasteiger charge is 2.00. The third-order valence-corrected chi connectivity index (χ3v) is 2.42. The van der Waals surface area contributed by atoms with Crippen LogP contribution in [-0.2, 0) is 12.8 Å². The standard InChI is InChI=1S/C11H14N2/c1-3-9-5-6-13-10(4-2)8-12-11(13)7-9/h5-8H,3-4H2,1-2H3. The summed E-state index contributed by atoms with van der Waals surface area (Å²) in [6.45, 7) is 4.31. The van der Waals surface area contributed by atoms with Gasteiger partial charge >= 0.3 is 0 Å². The van der Waals surface area contributed by atoms with Crippen molar-refractivity contribution in [3.8, 4) is 0 Å². The van der Waals surface area contributed by atoms with E-state index in [4.69, 9.17) is 0 Å². The number of pyridine rings is 1. The fraction of sp³-hybridized carbons (Fsp3) is 0.364. The van der Waals surface area contributed by atoms with Crippen LogP contribution in [-0.4, -0.2) is 9.38 Å². The first-order valence-corrected chi connectivity index (χ1v) is 4.80. The van der Waals surface area contributed by atoms with E-state index in [1.54, 1.807) is 0 Å². The molecule has 0 bridgehead atoms. The average molecular weight is 174 g/mol. The van der Waals surface area contributed by atoms with Crippen molar-refractivity contribution in [2.75, 3.05) is 0 Å². The van der Waals surface area contributed by atoms with Gasteiger partial charge in [-0.25, -0.2) is 4.98 Å². The molecule has 0 N–H and O–H groups in total. The zero-order chi connectivity index (χ0) is 9.26. The maximum Gasteiger partial charge on any atom is 0.137 e. The van der Waals surface area contributed by atoms with Crippen molar-refractivity contribution >= 4 is 5.65 Å². The van der Waals surface area contributed by atoms with Crippen LogP contribution < -0.4 is 0 Å². The van der Waals surface area contributed by atoms with Crippen LogP contribution in [0.2, 0.25) is 0 Å². The summed E-state index contributed by atoms with van der Waals surface area (Å²) in [5.41, 5.74) is 3.69. The van der Waals surface area contributed by atoms with Crippen molar-refractivity contribution in [1.29, 1.82) is 0 Å². The van der Waals surface area contributed by atoms with Crippen molar-refractivity contribution in [1.82, 2.24) is 9.38 Å². The molecule has 0 fully saturated rings. The first-order valence-electron chi connectivity index (χ1n) is 4.80. The summed E-state index contributed by atoms with van der Waals surface area (Å²) >= 11 is 0. The highest BCUT2D eigenvalue weighted by atomic mass is 15.0. The maximum absolute atomic E-state index is 4.36. The highest BCUT2D eigenvalue weighted by Crippen LogP contribution is 2.10. The first kappa shape index (κ1) is 8.30. The minimum absolute atomic E-state index is 1.03. The molecule has 0 unspecified atom stereocenters. The van der Waals surface area contributed by atoms with Crippen LogP contribution in [0.15, 0.2) is 24.5 Å². The van der Waals surface area contributed by atoms with Gasteiger partial charge in [0.1, 0.15) is 5.65 Å². The van der Waals surface area contributed by atoms with Crippen molar-refractivity contribution < 1.29 is 0 Å². The van der Waals surface area contributed by atoms with Crippen molar-refractivity contribution in [3.63, 3.8) is 0 Å². The van der Waals surface area contributed by atoms with Crippen molar-refractivity contribution in [2.24, 2.45) is 0 Å². The summed E-state index contributed by atoms with van der Waals surface area (Å²) in [5, 5.41) is 0. The minimum Gasteiger partial charge on any atom is -0.304 e. The Bertz CT molecular complexity index is 415. The predicted octanol–water partition coefficient (Wildman–Crippen LogP) is 2.46. The molecule has 0 saturated heterocycles. The molecule has 0 spiro atoms. The monoisotopic (exact) mass is 174 g/mol. The Morgan fingerprint density at radius 1 is 1.31 bits per heavy atom. The van der Waals surface area contributed by atoms with Gasteiger partial charge < -0.3 is 4.40 Å². The van der Waals surface area contributed by atoms with E-state index in [1.165, 1.54) is 11.3 Å². The van der Waals surface area contributed by atoms with E-state index in [0.717, 1.165) is 18.5 Å². The fourth-order valence-electron chi connectivity index (χ4n) is 1.56. The SMILES string of the molecule is CCc1ccn2c(CC)cnc2c1. The maximum atomic E-state index is 4.36. The number of hydrogen-bond acceptors (Lipinski definition) is 1. The fourth-order valence-corrected chi connectivity index (χ4v) is 1.56. The van der Waals surface area contributed by atoms with E-state index < -0.39 is 0 Å². The molecule has 2 aromatic heterocycles. The molecule has 13 heavy (non-hydrogen) atoms. The lowest BCUT2D eigenvalue weighted by molar-refractivity contribution is 0.986. The summed E-state index contributed by atoms with van der Waals surface area (Å²) in [5.74, 6) is 0. The predicted molar refractivity (Wildman–Crippen MR) is 53.9 cm³/mol. The molecule has 0 aliphatic heterocycles. The molecule has 0 saturated carbocycles. The van der Waals surface area contributed by atoms with E-state index >= 15 is 0 Å². The third kappa shape index (κ3) is 1.32. The van der Waals surface area contributed by atoms with Gasteiger partial charge in [-0.2, -0.15) is 0 Å². The molecule has 2 nitrogen and oxygen atoms in total. The van der Waals surface area contributed by atoms with Gasteiger partial charge in [0.2, 0.25) is 0 Å². The van der Waals surface area contributed by atoms with E-state index in [9.17, 15) is 0 Å². The quantitative estimate of drug-likeness (QED) is 0.683. The largest absolute Gasteiger partial charge is 0.304 e. The van der Waals surface area contributed by atoms with Gasteiger partial charge in [-0.1, -0.05) is 13.8 Å². The second-order valence-corrected chi connectivity index (χ2v) is 3.22. The van der Waals surface area contributed by atoms with Crippen molar-refractivity contribution in [2.45, 2.75) is 26.7 Å². The Labute approximate surface area is 78.2 Å². The number of hydrogen-bond donors (Lipinski definition) is 0. The van der Waals surface area contributed by atoms with Gasteiger partial charge in [0.15, 0.2) is 0 Å². The summed E-state index contributed by atoms with van der Waals surface area (Å²) in [7, 11) is 0. The van der Waals surface area contributed by atoms with Crippen LogP contribution in [0.1, 0.15) is 25.1 Å². The molecule has 0 aliphatic rings. The van der Waals surface area contributed by atoms with Gasteiger partial charge in [0, 0.05) is 18.1 Å². The summed E-state index contributed by atoms with van der Waals surface area (Å²) in [6, 6.07) is 4.31. The van der Waals surface area contributed by atoms with Crippen LogP contribution in [0, 0.1) is 0 Å². The number of rotatable bonds is 2. The molecular weight excluding hydrogens is 160 g/mol.